The second kappa shape index (κ2) is 7.40. The van der Waals surface area contributed by atoms with Gasteiger partial charge < -0.3 is 25.1 Å². The van der Waals surface area contributed by atoms with Crippen molar-refractivity contribution in [2.45, 2.75) is 39.0 Å². The number of benzene rings is 1. The molecule has 2 heterocycles. The first kappa shape index (κ1) is 17.0. The molecule has 2 amide bonds. The first-order chi connectivity index (χ1) is 12.0. The van der Waals surface area contributed by atoms with Crippen LogP contribution in [-0.4, -0.2) is 27.1 Å². The van der Waals surface area contributed by atoms with Crippen LogP contribution in [0.1, 0.15) is 36.6 Å². The van der Waals surface area contributed by atoms with E-state index in [1.807, 2.05) is 32.0 Å². The minimum Gasteiger partial charge on any atom is -0.467 e. The number of furan rings is 1. The van der Waals surface area contributed by atoms with Gasteiger partial charge >= 0.3 is 6.03 Å². The normalized spacial score (nSPS) is 13.6. The number of rotatable bonds is 6. The average molecular weight is 342 g/mol. The Kier molecular flexibility index (Phi) is 5.04. The molecule has 0 spiro atoms. The van der Waals surface area contributed by atoms with E-state index >= 15 is 0 Å². The molecular weight excluding hydrogens is 320 g/mol. The second-order valence-electron chi connectivity index (χ2n) is 6.15. The number of aromatic amines is 1. The molecule has 0 saturated carbocycles. The molecule has 132 valence electrons. The van der Waals surface area contributed by atoms with Gasteiger partial charge in [-0.3, -0.25) is 0 Å². The maximum absolute atomic E-state index is 12.0. The molecule has 0 aliphatic carbocycles. The van der Waals surface area contributed by atoms with Gasteiger partial charge in [-0.05, 0) is 37.6 Å². The summed E-state index contributed by atoms with van der Waals surface area (Å²) < 4.78 is 5.15. The van der Waals surface area contributed by atoms with Gasteiger partial charge in [0.15, 0.2) is 0 Å². The molecule has 7 nitrogen and oxygen atoms in total. The number of aliphatic hydroxyl groups excluding tert-OH is 1. The van der Waals surface area contributed by atoms with Crippen molar-refractivity contribution in [1.29, 1.82) is 0 Å². The van der Waals surface area contributed by atoms with Crippen LogP contribution in [0.4, 0.5) is 4.79 Å². The highest BCUT2D eigenvalue weighted by Crippen LogP contribution is 2.18. The van der Waals surface area contributed by atoms with Crippen LogP contribution >= 0.6 is 0 Å². The summed E-state index contributed by atoms with van der Waals surface area (Å²) in [6.07, 6.45) is 1.13. The largest absolute Gasteiger partial charge is 0.467 e. The summed E-state index contributed by atoms with van der Waals surface area (Å²) in [5.41, 5.74) is 2.95. The zero-order valence-corrected chi connectivity index (χ0v) is 14.2. The van der Waals surface area contributed by atoms with Crippen molar-refractivity contribution >= 4 is 17.1 Å². The lowest BCUT2D eigenvalue weighted by Crippen LogP contribution is -2.41. The Hall–Kier alpha value is -2.80. The Morgan fingerprint density at radius 2 is 2.20 bits per heavy atom. The van der Waals surface area contributed by atoms with Crippen molar-refractivity contribution in [2.24, 2.45) is 0 Å². The highest BCUT2D eigenvalue weighted by Gasteiger charge is 2.16. The van der Waals surface area contributed by atoms with E-state index in [-0.39, 0.29) is 12.1 Å². The highest BCUT2D eigenvalue weighted by atomic mass is 16.4. The molecule has 0 radical (unpaired) electrons. The fourth-order valence-corrected chi connectivity index (χ4v) is 2.74. The van der Waals surface area contributed by atoms with Gasteiger partial charge in [-0.25, -0.2) is 9.78 Å². The maximum atomic E-state index is 12.0. The molecule has 2 unspecified atom stereocenters. The Labute approximate surface area is 145 Å². The number of hydrogen-bond donors (Lipinski definition) is 4. The third-order valence-corrected chi connectivity index (χ3v) is 4.01. The van der Waals surface area contributed by atoms with E-state index in [0.717, 1.165) is 16.6 Å². The predicted octanol–water partition coefficient (Wildman–Crippen LogP) is 2.78. The summed E-state index contributed by atoms with van der Waals surface area (Å²) in [7, 11) is 0. The molecule has 0 aliphatic rings. The molecule has 4 N–H and O–H groups in total. The number of carbonyl (C=O) groups excluding carboxylic acids is 1. The van der Waals surface area contributed by atoms with Crippen LogP contribution in [0, 0.1) is 6.92 Å². The zero-order chi connectivity index (χ0) is 17.8. The lowest BCUT2D eigenvalue weighted by Gasteiger charge is -2.16. The first-order valence-corrected chi connectivity index (χ1v) is 8.23. The van der Waals surface area contributed by atoms with Crippen LogP contribution in [0.25, 0.3) is 11.0 Å². The third-order valence-electron chi connectivity index (χ3n) is 4.01. The number of nitrogens with one attached hydrogen (secondary N) is 3. The van der Waals surface area contributed by atoms with Crippen LogP contribution < -0.4 is 10.6 Å². The van der Waals surface area contributed by atoms with E-state index in [1.165, 1.54) is 6.26 Å². The van der Waals surface area contributed by atoms with E-state index in [4.69, 9.17) is 4.42 Å². The van der Waals surface area contributed by atoms with Crippen LogP contribution in [-0.2, 0) is 6.54 Å². The molecule has 2 atom stereocenters. The molecule has 3 aromatic rings. The number of nitrogens with zero attached hydrogens (tertiary/aromatic N) is 1. The molecule has 3 rings (SSSR count). The predicted molar refractivity (Wildman–Crippen MR) is 93.9 cm³/mol. The topological polar surface area (TPSA) is 103 Å². The van der Waals surface area contributed by atoms with Gasteiger partial charge in [0, 0.05) is 12.5 Å². The standard InChI is InChI=1S/C18H22N4O3/c1-11-5-3-6-13-17(11)22-16(21-13)10-19-18(24)20-12(2)9-14(23)15-7-4-8-25-15/h3-8,12,14,23H,9-10H2,1-2H3,(H,21,22)(H2,19,20,24). The van der Waals surface area contributed by atoms with E-state index < -0.39 is 6.10 Å². The summed E-state index contributed by atoms with van der Waals surface area (Å²) in [4.78, 5) is 19.7. The molecular formula is C18H22N4O3. The number of carbonyl (C=O) groups is 1. The van der Waals surface area contributed by atoms with Gasteiger partial charge in [0.25, 0.3) is 0 Å². The van der Waals surface area contributed by atoms with Crippen molar-refractivity contribution in [3.05, 3.63) is 53.7 Å². The molecule has 1 aromatic carbocycles. The molecule has 2 aromatic heterocycles. The molecule has 0 saturated heterocycles. The van der Waals surface area contributed by atoms with Gasteiger partial charge in [0.2, 0.25) is 0 Å². The van der Waals surface area contributed by atoms with E-state index in [1.54, 1.807) is 12.1 Å². The van der Waals surface area contributed by atoms with Gasteiger partial charge in [-0.1, -0.05) is 12.1 Å². The summed E-state index contributed by atoms with van der Waals surface area (Å²) in [6, 6.07) is 8.83. The van der Waals surface area contributed by atoms with Crippen LogP contribution in [0.2, 0.25) is 0 Å². The van der Waals surface area contributed by atoms with Gasteiger partial charge in [0.1, 0.15) is 17.7 Å². The number of H-pyrrole nitrogens is 1. The number of imidazole rings is 1. The third kappa shape index (κ3) is 4.19. The van der Waals surface area contributed by atoms with Gasteiger partial charge in [-0.2, -0.15) is 0 Å². The Morgan fingerprint density at radius 1 is 1.36 bits per heavy atom. The number of aryl methyl sites for hydroxylation is 1. The van der Waals surface area contributed by atoms with Crippen LogP contribution in [0.3, 0.4) is 0 Å². The van der Waals surface area contributed by atoms with Crippen molar-refractivity contribution in [1.82, 2.24) is 20.6 Å². The second-order valence-corrected chi connectivity index (χ2v) is 6.15. The molecule has 0 aliphatic heterocycles. The number of para-hydroxylation sites is 1. The summed E-state index contributed by atoms with van der Waals surface area (Å²) in [5.74, 6) is 1.19. The van der Waals surface area contributed by atoms with Crippen molar-refractivity contribution < 1.29 is 14.3 Å². The zero-order valence-electron chi connectivity index (χ0n) is 14.2. The van der Waals surface area contributed by atoms with Crippen molar-refractivity contribution in [3.8, 4) is 0 Å². The van der Waals surface area contributed by atoms with E-state index in [0.29, 0.717) is 24.6 Å². The monoisotopic (exact) mass is 342 g/mol. The number of urea groups is 1. The molecule has 0 fully saturated rings. The van der Waals surface area contributed by atoms with Gasteiger partial charge in [0.05, 0.1) is 23.8 Å². The quantitative estimate of drug-likeness (QED) is 0.553. The molecule has 25 heavy (non-hydrogen) atoms. The summed E-state index contributed by atoms with van der Waals surface area (Å²) in [6.45, 7) is 4.13. The lowest BCUT2D eigenvalue weighted by atomic mass is 10.1. The lowest BCUT2D eigenvalue weighted by molar-refractivity contribution is 0.129. The fraction of sp³-hybridized carbons (Fsp3) is 0.333. The molecule has 0 bridgehead atoms. The number of fused-ring (bicyclic) bond motifs is 1. The van der Waals surface area contributed by atoms with E-state index in [9.17, 15) is 9.90 Å². The summed E-state index contributed by atoms with van der Waals surface area (Å²) in [5, 5.41) is 15.6. The number of aliphatic hydroxyl groups is 1. The Morgan fingerprint density at radius 3 is 2.92 bits per heavy atom. The minimum atomic E-state index is -0.747. The Bertz CT molecular complexity index is 841. The number of amides is 2. The SMILES string of the molecule is Cc1cccc2[nH]c(CNC(=O)NC(C)CC(O)c3ccco3)nc12. The smallest absolute Gasteiger partial charge is 0.315 e. The minimum absolute atomic E-state index is 0.210. The van der Waals surface area contributed by atoms with Crippen LogP contribution in [0.5, 0.6) is 0 Å². The number of hydrogen-bond acceptors (Lipinski definition) is 4. The van der Waals surface area contributed by atoms with Crippen LogP contribution in [0.15, 0.2) is 41.0 Å². The maximum Gasteiger partial charge on any atom is 0.315 e. The average Bonchev–Trinajstić information content (AvgIpc) is 3.23. The van der Waals surface area contributed by atoms with Crippen molar-refractivity contribution in [3.63, 3.8) is 0 Å². The fourth-order valence-electron chi connectivity index (χ4n) is 2.74. The van der Waals surface area contributed by atoms with E-state index in [2.05, 4.69) is 20.6 Å². The molecule has 7 heteroatoms. The van der Waals surface area contributed by atoms with Gasteiger partial charge in [-0.15, -0.1) is 0 Å². The Balaban J connectivity index is 1.49. The first-order valence-electron chi connectivity index (χ1n) is 8.23. The number of aromatic nitrogens is 2. The highest BCUT2D eigenvalue weighted by molar-refractivity contribution is 5.78. The summed E-state index contributed by atoms with van der Waals surface area (Å²) >= 11 is 0. The van der Waals surface area contributed by atoms with Crippen molar-refractivity contribution in [2.75, 3.05) is 0 Å².